The highest BCUT2D eigenvalue weighted by molar-refractivity contribution is 7.22. The smallest absolute Gasteiger partial charge is 0.272 e. The van der Waals surface area contributed by atoms with Crippen LogP contribution in [0, 0.1) is 17.0 Å². The SMILES string of the molecule is Cc1nc2ccccn2c1C(=O)N1CCN(c2nc3ccc([N+](=O)[O-])cc3s2)CC1. The zero-order chi connectivity index (χ0) is 20.8. The summed E-state index contributed by atoms with van der Waals surface area (Å²) in [6, 6.07) is 10.4. The van der Waals surface area contributed by atoms with Crippen LogP contribution in [0.1, 0.15) is 16.2 Å². The maximum Gasteiger partial charge on any atom is 0.272 e. The number of hydrogen-bond donors (Lipinski definition) is 0. The number of nitro benzene ring substituents is 1. The molecule has 5 rings (SSSR count). The number of thiazole rings is 1. The van der Waals surface area contributed by atoms with E-state index in [9.17, 15) is 14.9 Å². The lowest BCUT2D eigenvalue weighted by Crippen LogP contribution is -2.49. The Morgan fingerprint density at radius 2 is 1.93 bits per heavy atom. The minimum absolute atomic E-state index is 0.0224. The second kappa shape index (κ2) is 7.06. The van der Waals surface area contributed by atoms with Gasteiger partial charge in [-0.05, 0) is 25.1 Å². The molecule has 0 N–H and O–H groups in total. The number of anilines is 1. The average Bonchev–Trinajstić information content (AvgIpc) is 3.32. The fraction of sp³-hybridized carbons (Fsp3) is 0.250. The number of amides is 1. The molecule has 1 amide bonds. The molecule has 0 unspecified atom stereocenters. The van der Waals surface area contributed by atoms with Gasteiger partial charge in [0.25, 0.3) is 11.6 Å². The van der Waals surface area contributed by atoms with E-state index in [4.69, 9.17) is 0 Å². The molecule has 1 saturated heterocycles. The van der Waals surface area contributed by atoms with E-state index in [0.29, 0.717) is 31.9 Å². The molecule has 4 aromatic rings. The number of piperazine rings is 1. The number of imidazole rings is 1. The molecule has 0 atom stereocenters. The van der Waals surface area contributed by atoms with E-state index in [0.717, 1.165) is 26.7 Å². The Morgan fingerprint density at radius 1 is 1.13 bits per heavy atom. The Hall–Kier alpha value is -3.53. The number of pyridine rings is 1. The van der Waals surface area contributed by atoms with E-state index < -0.39 is 4.92 Å². The first-order valence-corrected chi connectivity index (χ1v) is 10.4. The molecule has 30 heavy (non-hydrogen) atoms. The normalized spacial score (nSPS) is 14.6. The number of carbonyl (C=O) groups excluding carboxylic acids is 1. The lowest BCUT2D eigenvalue weighted by Gasteiger charge is -2.34. The zero-order valence-corrected chi connectivity index (χ0v) is 17.0. The predicted molar refractivity (Wildman–Crippen MR) is 114 cm³/mol. The van der Waals surface area contributed by atoms with Crippen LogP contribution in [0.4, 0.5) is 10.8 Å². The van der Waals surface area contributed by atoms with E-state index in [1.807, 2.05) is 40.6 Å². The van der Waals surface area contributed by atoms with Crippen molar-refractivity contribution >= 4 is 43.9 Å². The molecule has 0 aliphatic carbocycles. The number of nitrogens with zero attached hydrogens (tertiary/aromatic N) is 6. The molecule has 1 fully saturated rings. The van der Waals surface area contributed by atoms with Crippen molar-refractivity contribution in [2.75, 3.05) is 31.1 Å². The van der Waals surface area contributed by atoms with Crippen molar-refractivity contribution in [3.63, 3.8) is 0 Å². The maximum absolute atomic E-state index is 13.2. The predicted octanol–water partition coefficient (Wildman–Crippen LogP) is 3.12. The van der Waals surface area contributed by atoms with E-state index in [-0.39, 0.29) is 11.6 Å². The third kappa shape index (κ3) is 3.05. The molecule has 10 heteroatoms. The van der Waals surface area contributed by atoms with Gasteiger partial charge < -0.3 is 9.80 Å². The van der Waals surface area contributed by atoms with Gasteiger partial charge in [0.05, 0.1) is 20.8 Å². The summed E-state index contributed by atoms with van der Waals surface area (Å²) in [5.74, 6) is -0.0224. The number of nitro groups is 1. The highest BCUT2D eigenvalue weighted by Gasteiger charge is 2.27. The summed E-state index contributed by atoms with van der Waals surface area (Å²) in [6.45, 7) is 4.33. The van der Waals surface area contributed by atoms with E-state index >= 15 is 0 Å². The second-order valence-electron chi connectivity index (χ2n) is 7.16. The fourth-order valence-corrected chi connectivity index (χ4v) is 4.82. The van der Waals surface area contributed by atoms with Crippen molar-refractivity contribution in [1.82, 2.24) is 19.3 Å². The minimum Gasteiger partial charge on any atom is -0.345 e. The largest absolute Gasteiger partial charge is 0.345 e. The molecule has 0 saturated carbocycles. The fourth-order valence-electron chi connectivity index (χ4n) is 3.77. The monoisotopic (exact) mass is 422 g/mol. The van der Waals surface area contributed by atoms with Gasteiger partial charge in [-0.1, -0.05) is 17.4 Å². The first-order valence-electron chi connectivity index (χ1n) is 9.54. The van der Waals surface area contributed by atoms with Crippen molar-refractivity contribution in [2.45, 2.75) is 6.92 Å². The van der Waals surface area contributed by atoms with Crippen LogP contribution in [-0.4, -0.2) is 56.3 Å². The number of aromatic nitrogens is 3. The second-order valence-corrected chi connectivity index (χ2v) is 8.17. The number of benzene rings is 1. The summed E-state index contributed by atoms with van der Waals surface area (Å²) < 4.78 is 2.63. The topological polar surface area (TPSA) is 96.9 Å². The quantitative estimate of drug-likeness (QED) is 0.372. The van der Waals surface area contributed by atoms with E-state index in [2.05, 4.69) is 14.9 Å². The Labute approximate surface area is 175 Å². The van der Waals surface area contributed by atoms with Crippen LogP contribution in [0.25, 0.3) is 15.9 Å². The van der Waals surface area contributed by atoms with Crippen molar-refractivity contribution in [3.8, 4) is 0 Å². The maximum atomic E-state index is 13.2. The standard InChI is InChI=1S/C20H18N6O3S/c1-13-18(25-7-3-2-4-17(25)21-13)19(27)23-8-10-24(11-9-23)20-22-15-6-5-14(26(28)29)12-16(15)30-20/h2-7,12H,8-11H2,1H3. The first kappa shape index (κ1) is 18.5. The summed E-state index contributed by atoms with van der Waals surface area (Å²) in [4.78, 5) is 36.8. The number of fused-ring (bicyclic) bond motifs is 2. The van der Waals surface area contributed by atoms with Crippen LogP contribution in [-0.2, 0) is 0 Å². The van der Waals surface area contributed by atoms with Gasteiger partial charge in [0.1, 0.15) is 11.3 Å². The van der Waals surface area contributed by atoms with Crippen molar-refractivity contribution in [1.29, 1.82) is 0 Å². The summed E-state index contributed by atoms with van der Waals surface area (Å²) in [5.41, 5.74) is 2.91. The molecule has 3 aromatic heterocycles. The number of hydrogen-bond acceptors (Lipinski definition) is 7. The molecule has 1 aliphatic rings. The van der Waals surface area contributed by atoms with Gasteiger partial charge in [-0.15, -0.1) is 0 Å². The van der Waals surface area contributed by atoms with Gasteiger partial charge >= 0.3 is 0 Å². The molecular formula is C20H18N6O3S. The van der Waals surface area contributed by atoms with Crippen LogP contribution in [0.5, 0.6) is 0 Å². The van der Waals surface area contributed by atoms with Crippen molar-refractivity contribution < 1.29 is 9.72 Å². The molecular weight excluding hydrogens is 404 g/mol. The average molecular weight is 422 g/mol. The van der Waals surface area contributed by atoms with Gasteiger partial charge in [0.2, 0.25) is 0 Å². The van der Waals surface area contributed by atoms with Crippen LogP contribution in [0.15, 0.2) is 42.6 Å². The van der Waals surface area contributed by atoms with Crippen LogP contribution < -0.4 is 4.90 Å². The third-order valence-electron chi connectivity index (χ3n) is 5.32. The molecule has 9 nitrogen and oxygen atoms in total. The molecule has 0 spiro atoms. The number of rotatable bonds is 3. The summed E-state index contributed by atoms with van der Waals surface area (Å²) >= 11 is 1.44. The number of non-ortho nitro benzene ring substituents is 1. The number of carbonyl (C=O) groups is 1. The van der Waals surface area contributed by atoms with Gasteiger partial charge in [0, 0.05) is 44.5 Å². The lowest BCUT2D eigenvalue weighted by atomic mass is 10.2. The third-order valence-corrected chi connectivity index (χ3v) is 6.39. The van der Waals surface area contributed by atoms with Gasteiger partial charge in [-0.25, -0.2) is 9.97 Å². The van der Waals surface area contributed by atoms with E-state index in [1.54, 1.807) is 12.1 Å². The number of aryl methyl sites for hydroxylation is 1. The molecule has 0 bridgehead atoms. The first-order chi connectivity index (χ1) is 14.5. The van der Waals surface area contributed by atoms with Gasteiger partial charge in [-0.3, -0.25) is 19.3 Å². The molecule has 1 aromatic carbocycles. The van der Waals surface area contributed by atoms with E-state index in [1.165, 1.54) is 17.4 Å². The molecule has 4 heterocycles. The van der Waals surface area contributed by atoms with Crippen LogP contribution in [0.3, 0.4) is 0 Å². The highest BCUT2D eigenvalue weighted by atomic mass is 32.1. The summed E-state index contributed by atoms with van der Waals surface area (Å²) in [5, 5.41) is 11.8. The molecule has 0 radical (unpaired) electrons. The van der Waals surface area contributed by atoms with Crippen molar-refractivity contribution in [2.24, 2.45) is 0 Å². The Balaban J connectivity index is 1.33. The molecule has 1 aliphatic heterocycles. The van der Waals surface area contributed by atoms with Gasteiger partial charge in [-0.2, -0.15) is 0 Å². The highest BCUT2D eigenvalue weighted by Crippen LogP contribution is 2.32. The van der Waals surface area contributed by atoms with Gasteiger partial charge in [0.15, 0.2) is 5.13 Å². The minimum atomic E-state index is -0.397. The van der Waals surface area contributed by atoms with Crippen molar-refractivity contribution in [3.05, 3.63) is 64.1 Å². The summed E-state index contributed by atoms with van der Waals surface area (Å²) in [7, 11) is 0. The Morgan fingerprint density at radius 3 is 2.70 bits per heavy atom. The zero-order valence-electron chi connectivity index (χ0n) is 16.2. The Bertz CT molecular complexity index is 1290. The lowest BCUT2D eigenvalue weighted by molar-refractivity contribution is -0.384. The van der Waals surface area contributed by atoms with Crippen LogP contribution >= 0.6 is 11.3 Å². The van der Waals surface area contributed by atoms with Crippen LogP contribution in [0.2, 0.25) is 0 Å². The molecule has 152 valence electrons. The Kier molecular flexibility index (Phi) is 4.35. The summed E-state index contributed by atoms with van der Waals surface area (Å²) in [6.07, 6.45) is 1.86.